The van der Waals surface area contributed by atoms with Crippen molar-refractivity contribution in [2.24, 2.45) is 17.3 Å². The molecule has 4 saturated heterocycles. The van der Waals surface area contributed by atoms with Gasteiger partial charge < -0.3 is 39.0 Å². The van der Waals surface area contributed by atoms with Crippen LogP contribution >= 0.6 is 0 Å². The number of sulfonamides is 1. The molecule has 1 spiro atoms. The molecule has 1 aliphatic carbocycles. The van der Waals surface area contributed by atoms with Crippen LogP contribution in [-0.4, -0.2) is 112 Å². The molecule has 17 nitrogen and oxygen atoms in total. The van der Waals surface area contributed by atoms with E-state index in [1.165, 1.54) is 24.1 Å². The summed E-state index contributed by atoms with van der Waals surface area (Å²) in [6.45, 7) is 9.91. The zero-order valence-corrected chi connectivity index (χ0v) is 40.6. The van der Waals surface area contributed by atoms with Crippen molar-refractivity contribution < 1.29 is 37.1 Å². The lowest BCUT2D eigenvalue weighted by molar-refractivity contribution is -0.384. The van der Waals surface area contributed by atoms with Crippen LogP contribution in [0.2, 0.25) is 0 Å². The fraction of sp³-hybridized carbons (Fsp3) is 0.500. The summed E-state index contributed by atoms with van der Waals surface area (Å²) in [6.07, 6.45) is 10.0. The number of anilines is 4. The molecule has 11 rings (SSSR count). The fourth-order valence-corrected chi connectivity index (χ4v) is 12.9. The van der Waals surface area contributed by atoms with E-state index >= 15 is 0 Å². The van der Waals surface area contributed by atoms with E-state index in [0.717, 1.165) is 87.5 Å². The van der Waals surface area contributed by atoms with Crippen LogP contribution in [0.3, 0.4) is 0 Å². The maximum Gasteiger partial charge on any atom is 0.293 e. The number of nitrogens with zero attached hydrogens (tertiary/aromatic N) is 5. The number of carbonyl (C=O) groups is 1. The second kappa shape index (κ2) is 19.0. The van der Waals surface area contributed by atoms with Gasteiger partial charge in [-0.25, -0.2) is 13.1 Å². The number of pyridine rings is 1. The van der Waals surface area contributed by atoms with Gasteiger partial charge in [0.25, 0.3) is 21.6 Å². The molecule has 1 saturated carbocycles. The number of benzene rings is 3. The van der Waals surface area contributed by atoms with Gasteiger partial charge in [0.15, 0.2) is 0 Å². The molecule has 1 amide bonds. The number of H-pyrrole nitrogens is 1. The zero-order chi connectivity index (χ0) is 48.1. The maximum absolute atomic E-state index is 14.6. The third kappa shape index (κ3) is 9.14. The molecular weight excluding hydrogens is 913 g/mol. The van der Waals surface area contributed by atoms with Crippen molar-refractivity contribution in [1.82, 2.24) is 19.6 Å². The van der Waals surface area contributed by atoms with Gasteiger partial charge in [-0.3, -0.25) is 19.8 Å². The smallest absolute Gasteiger partial charge is 0.293 e. The molecule has 7 heterocycles. The molecule has 70 heavy (non-hydrogen) atoms. The van der Waals surface area contributed by atoms with E-state index in [9.17, 15) is 23.3 Å². The van der Waals surface area contributed by atoms with Crippen molar-refractivity contribution in [3.8, 4) is 11.6 Å². The molecule has 2 aromatic heterocycles. The van der Waals surface area contributed by atoms with E-state index in [-0.39, 0.29) is 40.7 Å². The zero-order valence-electron chi connectivity index (χ0n) is 39.8. The van der Waals surface area contributed by atoms with Crippen molar-refractivity contribution in [1.29, 1.82) is 0 Å². The molecule has 0 bridgehead atoms. The highest BCUT2D eigenvalue weighted by atomic mass is 32.2. The SMILES string of the molecule is CC(C)Oc1ccccc1[C@@H]1CCCN1C1CC2(CCN(c3ccc(C(=O)NS(=O)(=O)c4ccc(NCC5CCOCC5)c([N+](=O)[O-])c4)c(N4C[C@@H]5COC[C@@H]5Oc5nc6[nH]ccc6cc54)c3)CC2)C1. The first-order valence-corrected chi connectivity index (χ1v) is 26.5. The lowest BCUT2D eigenvalue weighted by atomic mass is 9.60. The number of piperidine rings is 1. The van der Waals surface area contributed by atoms with Gasteiger partial charge in [-0.15, -0.1) is 0 Å². The van der Waals surface area contributed by atoms with Gasteiger partial charge in [-0.05, 0) is 132 Å². The lowest BCUT2D eigenvalue weighted by Crippen LogP contribution is -2.54. The number of aromatic amines is 1. The summed E-state index contributed by atoms with van der Waals surface area (Å²) in [6, 6.07) is 22.6. The van der Waals surface area contributed by atoms with E-state index in [2.05, 4.69) is 62.9 Å². The summed E-state index contributed by atoms with van der Waals surface area (Å²) >= 11 is 0. The molecule has 5 aliphatic heterocycles. The number of rotatable bonds is 13. The van der Waals surface area contributed by atoms with Gasteiger partial charge in [0.1, 0.15) is 28.9 Å². The van der Waals surface area contributed by atoms with Gasteiger partial charge in [0.2, 0.25) is 5.88 Å². The number of likely N-dealkylation sites (tertiary alicyclic amines) is 1. The summed E-state index contributed by atoms with van der Waals surface area (Å²) in [4.78, 5) is 41.1. The van der Waals surface area contributed by atoms with Crippen LogP contribution in [0.25, 0.3) is 11.0 Å². The van der Waals surface area contributed by atoms with Gasteiger partial charge in [-0.1, -0.05) is 18.2 Å². The van der Waals surface area contributed by atoms with E-state index in [0.29, 0.717) is 74.5 Å². The fourth-order valence-electron chi connectivity index (χ4n) is 11.9. The second-order valence-corrected chi connectivity index (χ2v) is 22.1. The third-order valence-electron chi connectivity index (χ3n) is 15.7. The summed E-state index contributed by atoms with van der Waals surface area (Å²) < 4.78 is 54.7. The van der Waals surface area contributed by atoms with Crippen molar-refractivity contribution >= 4 is 55.4 Å². The molecule has 370 valence electrons. The van der Waals surface area contributed by atoms with Crippen LogP contribution in [0.15, 0.2) is 83.9 Å². The summed E-state index contributed by atoms with van der Waals surface area (Å²) in [5, 5.41) is 16.3. The number of nitrogens with one attached hydrogen (secondary N) is 3. The summed E-state index contributed by atoms with van der Waals surface area (Å²) in [5.41, 5.74) is 4.19. The van der Waals surface area contributed by atoms with Crippen molar-refractivity contribution in [3.05, 3.63) is 100 Å². The van der Waals surface area contributed by atoms with Gasteiger partial charge in [-0.2, -0.15) is 4.98 Å². The Balaban J connectivity index is 0.862. The number of fused-ring (bicyclic) bond motifs is 3. The maximum atomic E-state index is 14.6. The molecule has 5 aromatic rings. The largest absolute Gasteiger partial charge is 0.491 e. The number of ether oxygens (including phenoxy) is 4. The van der Waals surface area contributed by atoms with Crippen LogP contribution < -0.4 is 29.3 Å². The highest BCUT2D eigenvalue weighted by Crippen LogP contribution is 2.55. The first-order chi connectivity index (χ1) is 33.9. The molecule has 5 fully saturated rings. The topological polar surface area (TPSA) is 194 Å². The molecule has 3 N–H and O–H groups in total. The van der Waals surface area contributed by atoms with Gasteiger partial charge in [0, 0.05) is 86.3 Å². The number of hydrogen-bond donors (Lipinski definition) is 3. The minimum Gasteiger partial charge on any atom is -0.491 e. The first kappa shape index (κ1) is 46.4. The molecule has 18 heteroatoms. The summed E-state index contributed by atoms with van der Waals surface area (Å²) in [5.74, 6) is 0.693. The normalized spacial score (nSPS) is 22.9. The quantitative estimate of drug-likeness (QED) is 0.0753. The predicted octanol–water partition coefficient (Wildman–Crippen LogP) is 8.35. The number of amides is 1. The Labute approximate surface area is 408 Å². The monoisotopic (exact) mass is 974 g/mol. The van der Waals surface area contributed by atoms with Gasteiger partial charge >= 0.3 is 0 Å². The number of carbonyl (C=O) groups excluding carboxylic acids is 1. The van der Waals surface area contributed by atoms with Crippen molar-refractivity contribution in [2.75, 3.05) is 74.3 Å². The van der Waals surface area contributed by atoms with E-state index < -0.39 is 31.4 Å². The lowest BCUT2D eigenvalue weighted by Gasteiger charge is -2.56. The van der Waals surface area contributed by atoms with E-state index in [1.54, 1.807) is 6.07 Å². The van der Waals surface area contributed by atoms with Crippen molar-refractivity contribution in [2.45, 2.75) is 94.4 Å². The van der Waals surface area contributed by atoms with E-state index in [4.69, 9.17) is 23.9 Å². The highest BCUT2D eigenvalue weighted by Gasteiger charge is 2.50. The number of para-hydroxylation sites is 1. The van der Waals surface area contributed by atoms with Crippen LogP contribution in [0.1, 0.15) is 87.2 Å². The highest BCUT2D eigenvalue weighted by molar-refractivity contribution is 7.90. The second-order valence-electron chi connectivity index (χ2n) is 20.5. The summed E-state index contributed by atoms with van der Waals surface area (Å²) in [7, 11) is -4.59. The Morgan fingerprint density at radius 2 is 1.79 bits per heavy atom. The number of nitro groups is 1. The Morgan fingerprint density at radius 1 is 0.971 bits per heavy atom. The predicted molar refractivity (Wildman–Crippen MR) is 266 cm³/mol. The van der Waals surface area contributed by atoms with Crippen LogP contribution in [0, 0.1) is 27.4 Å². The third-order valence-corrected chi connectivity index (χ3v) is 17.0. The van der Waals surface area contributed by atoms with E-state index in [1.807, 2.05) is 35.4 Å². The minimum atomic E-state index is -4.59. The molecular formula is C52H62N8O9S. The Kier molecular flexibility index (Phi) is 12.6. The number of aromatic nitrogens is 2. The molecule has 3 atom stereocenters. The number of nitro benzene ring substituents is 1. The first-order valence-electron chi connectivity index (χ1n) is 25.0. The Hall–Kier alpha value is -5.95. The van der Waals surface area contributed by atoms with Crippen molar-refractivity contribution in [3.63, 3.8) is 0 Å². The molecule has 0 unspecified atom stereocenters. The molecule has 6 aliphatic rings. The van der Waals surface area contributed by atoms with Crippen LogP contribution in [-0.2, 0) is 19.5 Å². The van der Waals surface area contributed by atoms with Crippen LogP contribution in [0.4, 0.5) is 28.4 Å². The Morgan fingerprint density at radius 3 is 2.59 bits per heavy atom. The average Bonchev–Trinajstić information content (AvgIpc) is 4.12. The average molecular weight is 975 g/mol. The Bertz CT molecular complexity index is 2870. The van der Waals surface area contributed by atoms with Gasteiger partial charge in [0.05, 0.1) is 40.4 Å². The molecule has 3 aromatic carbocycles. The van der Waals surface area contributed by atoms with Crippen LogP contribution in [0.5, 0.6) is 11.6 Å². The number of hydrogen-bond acceptors (Lipinski definition) is 14. The molecule has 0 radical (unpaired) electrons. The standard InChI is InChI=1S/C52H62N8O9S/c1-33(2)68-47-8-4-3-6-40(47)43-7-5-19-58(43)38-27-52(28-38)16-20-57(21-17-52)37-9-11-41(44(25-37)59-30-36-31-67-32-48(36)69-51-46(59)24-35-13-18-53-49(35)55-51)50(61)56-70(64,65)39-10-12-42(45(26-39)60(62)63)54-29-34-14-22-66-23-15-34/h3-4,6,8-13,18,24-26,33-34,36,38,43,48,54H,5,7,14-17,19-23,27-32H2,1-2H3,(H,53,55)(H,56,61)/t36-,43+,48+/m1/s1. The minimum absolute atomic E-state index is 0.0808.